The van der Waals surface area contributed by atoms with E-state index in [1.54, 1.807) is 12.1 Å². The van der Waals surface area contributed by atoms with Gasteiger partial charge in [-0.05, 0) is 30.2 Å². The highest BCUT2D eigenvalue weighted by Gasteiger charge is 2.34. The number of benzene rings is 2. The quantitative estimate of drug-likeness (QED) is 0.848. The molecule has 1 heterocycles. The van der Waals surface area contributed by atoms with E-state index < -0.39 is 10.0 Å². The Morgan fingerprint density at radius 2 is 1.70 bits per heavy atom. The second-order valence-electron chi connectivity index (χ2n) is 5.72. The molecule has 2 aromatic carbocycles. The molecule has 0 saturated heterocycles. The molecule has 1 aliphatic rings. The summed E-state index contributed by atoms with van der Waals surface area (Å²) in [6.07, 6.45) is 1.72. The van der Waals surface area contributed by atoms with Crippen LogP contribution in [0.15, 0.2) is 53.6 Å². The summed E-state index contributed by atoms with van der Waals surface area (Å²) in [6, 6.07) is 14.8. The van der Waals surface area contributed by atoms with E-state index >= 15 is 0 Å². The Morgan fingerprint density at radius 1 is 1.09 bits per heavy atom. The summed E-state index contributed by atoms with van der Waals surface area (Å²) in [4.78, 5) is 0. The third-order valence-electron chi connectivity index (χ3n) is 3.85. The largest absolute Gasteiger partial charge is 0.247 e. The van der Waals surface area contributed by atoms with Gasteiger partial charge in [-0.2, -0.15) is 9.52 Å². The zero-order chi connectivity index (χ0) is 16.6. The molecule has 0 aliphatic carbocycles. The average Bonchev–Trinajstić information content (AvgIpc) is 2.94. The first kappa shape index (κ1) is 16.0. The van der Waals surface area contributed by atoms with Crippen molar-refractivity contribution in [2.75, 3.05) is 6.26 Å². The van der Waals surface area contributed by atoms with Gasteiger partial charge in [0.1, 0.15) is 0 Å². The Morgan fingerprint density at radius 3 is 2.26 bits per heavy atom. The highest BCUT2D eigenvalue weighted by Crippen LogP contribution is 2.34. The first-order valence-electron chi connectivity index (χ1n) is 7.24. The Balaban J connectivity index is 1.99. The maximum Gasteiger partial charge on any atom is 0.247 e. The molecule has 0 aromatic heterocycles. The SMILES string of the molecule is Cc1ccc(C2=NN(S(C)(=O)=O)[C@H](c3ccc(Cl)cc3)C2)cc1. The lowest BCUT2D eigenvalue weighted by Crippen LogP contribution is -2.25. The normalized spacial score (nSPS) is 18.1. The van der Waals surface area contributed by atoms with Crippen molar-refractivity contribution < 1.29 is 8.42 Å². The molecule has 23 heavy (non-hydrogen) atoms. The molecule has 1 aliphatic heterocycles. The summed E-state index contributed by atoms with van der Waals surface area (Å²) in [5.41, 5.74) is 3.75. The number of halogens is 1. The van der Waals surface area contributed by atoms with Crippen LogP contribution in [0.4, 0.5) is 0 Å². The van der Waals surface area contributed by atoms with Crippen LogP contribution in [0, 0.1) is 6.92 Å². The lowest BCUT2D eigenvalue weighted by atomic mass is 9.99. The van der Waals surface area contributed by atoms with Crippen LogP contribution in [0.3, 0.4) is 0 Å². The Kier molecular flexibility index (Phi) is 4.17. The molecule has 2 aromatic rings. The lowest BCUT2D eigenvalue weighted by Gasteiger charge is -2.21. The van der Waals surface area contributed by atoms with Crippen molar-refractivity contribution in [2.24, 2.45) is 5.10 Å². The highest BCUT2D eigenvalue weighted by molar-refractivity contribution is 7.88. The minimum absolute atomic E-state index is 0.335. The van der Waals surface area contributed by atoms with Crippen molar-refractivity contribution in [3.8, 4) is 0 Å². The molecule has 1 atom stereocenters. The molecule has 0 radical (unpaired) electrons. The van der Waals surface area contributed by atoms with E-state index in [9.17, 15) is 8.42 Å². The molecule has 0 amide bonds. The fraction of sp³-hybridized carbons (Fsp3) is 0.235. The van der Waals surface area contributed by atoms with Gasteiger partial charge in [0.25, 0.3) is 0 Å². The summed E-state index contributed by atoms with van der Waals surface area (Å²) < 4.78 is 25.4. The monoisotopic (exact) mass is 348 g/mol. The third-order valence-corrected chi connectivity index (χ3v) is 5.12. The first-order chi connectivity index (χ1) is 10.8. The third kappa shape index (κ3) is 3.41. The molecule has 0 bridgehead atoms. The Labute approximate surface area is 141 Å². The van der Waals surface area contributed by atoms with Crippen molar-refractivity contribution in [1.29, 1.82) is 0 Å². The zero-order valence-corrected chi connectivity index (χ0v) is 14.5. The molecule has 0 saturated carbocycles. The number of aryl methyl sites for hydroxylation is 1. The second-order valence-corrected chi connectivity index (χ2v) is 8.00. The van der Waals surface area contributed by atoms with Crippen molar-refractivity contribution in [3.63, 3.8) is 0 Å². The van der Waals surface area contributed by atoms with E-state index in [0.29, 0.717) is 11.4 Å². The van der Waals surface area contributed by atoms with E-state index in [1.807, 2.05) is 43.3 Å². The van der Waals surface area contributed by atoms with Gasteiger partial charge in [0.2, 0.25) is 10.0 Å². The van der Waals surface area contributed by atoms with Gasteiger partial charge in [0.05, 0.1) is 18.0 Å². The number of rotatable bonds is 3. The number of nitrogens with zero attached hydrogens (tertiary/aromatic N) is 2. The van der Waals surface area contributed by atoms with Crippen LogP contribution in [-0.2, 0) is 10.0 Å². The molecule has 120 valence electrons. The molecule has 0 unspecified atom stereocenters. The summed E-state index contributed by atoms with van der Waals surface area (Å²) in [5.74, 6) is 0. The van der Waals surface area contributed by atoms with Gasteiger partial charge in [-0.3, -0.25) is 0 Å². The van der Waals surface area contributed by atoms with Gasteiger partial charge in [-0.1, -0.05) is 53.6 Å². The lowest BCUT2D eigenvalue weighted by molar-refractivity contribution is 0.375. The van der Waals surface area contributed by atoms with Crippen LogP contribution in [0.5, 0.6) is 0 Å². The molecule has 0 spiro atoms. The molecule has 3 rings (SSSR count). The average molecular weight is 349 g/mol. The van der Waals surface area contributed by atoms with Crippen molar-refractivity contribution in [2.45, 2.75) is 19.4 Å². The van der Waals surface area contributed by atoms with Crippen LogP contribution in [-0.4, -0.2) is 24.8 Å². The highest BCUT2D eigenvalue weighted by atomic mass is 35.5. The fourth-order valence-corrected chi connectivity index (χ4v) is 3.68. The number of hydrogen-bond acceptors (Lipinski definition) is 3. The van der Waals surface area contributed by atoms with Gasteiger partial charge < -0.3 is 0 Å². The number of hydrazone groups is 1. The number of hydrogen-bond donors (Lipinski definition) is 0. The molecular weight excluding hydrogens is 332 g/mol. The molecule has 4 nitrogen and oxygen atoms in total. The summed E-state index contributed by atoms with van der Waals surface area (Å²) in [5, 5.41) is 4.99. The van der Waals surface area contributed by atoms with Gasteiger partial charge >= 0.3 is 0 Å². The maximum absolute atomic E-state index is 12.1. The molecule has 0 fully saturated rings. The number of sulfonamides is 1. The van der Waals surface area contributed by atoms with Crippen LogP contribution in [0.1, 0.15) is 29.2 Å². The summed E-state index contributed by atoms with van der Waals surface area (Å²) >= 11 is 5.92. The van der Waals surface area contributed by atoms with Crippen molar-refractivity contribution >= 4 is 27.3 Å². The van der Waals surface area contributed by atoms with Crippen LogP contribution < -0.4 is 0 Å². The molecule has 0 N–H and O–H groups in total. The Hall–Kier alpha value is -1.85. The predicted molar refractivity (Wildman–Crippen MR) is 93.2 cm³/mol. The van der Waals surface area contributed by atoms with E-state index in [1.165, 1.54) is 10.7 Å². The minimum atomic E-state index is -3.45. The fourth-order valence-electron chi connectivity index (χ4n) is 2.65. The maximum atomic E-state index is 12.1. The second kappa shape index (κ2) is 5.98. The Bertz CT molecular complexity index is 843. The van der Waals surface area contributed by atoms with Gasteiger partial charge in [0.15, 0.2) is 0 Å². The smallest absolute Gasteiger partial charge is 0.205 e. The van der Waals surface area contributed by atoms with E-state index in [-0.39, 0.29) is 6.04 Å². The van der Waals surface area contributed by atoms with Crippen LogP contribution >= 0.6 is 11.6 Å². The van der Waals surface area contributed by atoms with Crippen LogP contribution in [0.25, 0.3) is 0 Å². The van der Waals surface area contributed by atoms with E-state index in [0.717, 1.165) is 22.4 Å². The van der Waals surface area contributed by atoms with Gasteiger partial charge in [-0.25, -0.2) is 8.42 Å². The standard InChI is InChI=1S/C17H17ClN2O2S/c1-12-3-5-13(6-4-12)16-11-17(20(19-16)23(2,21)22)14-7-9-15(18)10-8-14/h3-10,17H,11H2,1-2H3/t17-/m0/s1. The summed E-state index contributed by atoms with van der Waals surface area (Å²) in [7, 11) is -3.45. The summed E-state index contributed by atoms with van der Waals surface area (Å²) in [6.45, 7) is 2.01. The van der Waals surface area contributed by atoms with E-state index in [2.05, 4.69) is 5.10 Å². The van der Waals surface area contributed by atoms with Gasteiger partial charge in [0, 0.05) is 11.4 Å². The van der Waals surface area contributed by atoms with Crippen LogP contribution in [0.2, 0.25) is 5.02 Å². The predicted octanol–water partition coefficient (Wildman–Crippen LogP) is 3.76. The van der Waals surface area contributed by atoms with Crippen molar-refractivity contribution in [3.05, 3.63) is 70.2 Å². The molecular formula is C17H17ClN2O2S. The topological polar surface area (TPSA) is 49.7 Å². The minimum Gasteiger partial charge on any atom is -0.205 e. The van der Waals surface area contributed by atoms with Crippen molar-refractivity contribution in [1.82, 2.24) is 4.41 Å². The zero-order valence-electron chi connectivity index (χ0n) is 12.9. The molecule has 6 heteroatoms. The first-order valence-corrected chi connectivity index (χ1v) is 9.46. The van der Waals surface area contributed by atoms with E-state index in [4.69, 9.17) is 11.6 Å². The van der Waals surface area contributed by atoms with Gasteiger partial charge in [-0.15, -0.1) is 0 Å².